The van der Waals surface area contributed by atoms with Gasteiger partial charge in [-0.2, -0.15) is 4.57 Å². The molecule has 0 N–H and O–H groups in total. The summed E-state index contributed by atoms with van der Waals surface area (Å²) in [5, 5.41) is 5.22. The summed E-state index contributed by atoms with van der Waals surface area (Å²) < 4.78 is 2.67. The predicted molar refractivity (Wildman–Crippen MR) is 173 cm³/mol. The second kappa shape index (κ2) is 9.24. The van der Waals surface area contributed by atoms with Gasteiger partial charge in [-0.25, -0.2) is 4.98 Å². The van der Waals surface area contributed by atoms with Gasteiger partial charge in [0.2, 0.25) is 5.52 Å². The van der Waals surface area contributed by atoms with Gasteiger partial charge in [0.25, 0.3) is 0 Å². The van der Waals surface area contributed by atoms with Gasteiger partial charge < -0.3 is 0 Å². The highest BCUT2D eigenvalue weighted by molar-refractivity contribution is 6.24. The van der Waals surface area contributed by atoms with Gasteiger partial charge >= 0.3 is 0 Å². The Labute approximate surface area is 243 Å². The van der Waals surface area contributed by atoms with Crippen LogP contribution >= 0.6 is 0 Å². The van der Waals surface area contributed by atoms with Crippen LogP contribution in [0.4, 0.5) is 0 Å². The number of rotatable bonds is 5. The van der Waals surface area contributed by atoms with Crippen molar-refractivity contribution in [2.24, 2.45) is 5.92 Å². The molecule has 0 radical (unpaired) electrons. The molecule has 0 saturated carbocycles. The zero-order chi connectivity index (χ0) is 28.5. The van der Waals surface area contributed by atoms with Crippen LogP contribution in [0.1, 0.15) is 58.7 Å². The summed E-state index contributed by atoms with van der Waals surface area (Å²) in [5.41, 5.74) is 9.85. The average molecular weight is 536 g/mol. The first-order valence-corrected chi connectivity index (χ1v) is 15.2. The minimum absolute atomic E-state index is 0.0674. The van der Waals surface area contributed by atoms with Crippen molar-refractivity contribution in [1.29, 1.82) is 0 Å². The maximum Gasteiger partial charge on any atom is 0.240 e. The number of aromatic nitrogens is 2. The van der Waals surface area contributed by atoms with E-state index in [0.717, 1.165) is 24.1 Å². The molecule has 0 bridgehead atoms. The zero-order valence-electron chi connectivity index (χ0n) is 25.1. The molecular formula is C39H39N2+. The quantitative estimate of drug-likeness (QED) is 0.159. The molecule has 0 aliphatic carbocycles. The summed E-state index contributed by atoms with van der Waals surface area (Å²) in [7, 11) is 0. The topological polar surface area (TPSA) is 16.8 Å². The lowest BCUT2D eigenvalue weighted by Gasteiger charge is -2.49. The Hall–Kier alpha value is -4.04. The summed E-state index contributed by atoms with van der Waals surface area (Å²) in [4.78, 5) is 5.28. The number of fused-ring (bicyclic) bond motifs is 3. The van der Waals surface area contributed by atoms with Crippen molar-refractivity contribution in [3.05, 3.63) is 108 Å². The van der Waals surface area contributed by atoms with Gasteiger partial charge in [-0.3, -0.25) is 0 Å². The molecule has 2 nitrogen and oxygen atoms in total. The summed E-state index contributed by atoms with van der Waals surface area (Å²) >= 11 is 0. The van der Waals surface area contributed by atoms with Crippen molar-refractivity contribution in [2.45, 2.75) is 65.3 Å². The Morgan fingerprint density at radius 3 is 1.95 bits per heavy atom. The van der Waals surface area contributed by atoms with E-state index in [1.54, 1.807) is 0 Å². The molecule has 1 aliphatic rings. The third-order valence-electron chi connectivity index (χ3n) is 10.4. The van der Waals surface area contributed by atoms with Crippen LogP contribution in [-0.2, 0) is 11.0 Å². The molecule has 2 unspecified atom stereocenters. The molecule has 1 aromatic heterocycles. The number of aryl methyl sites for hydroxylation is 1. The summed E-state index contributed by atoms with van der Waals surface area (Å²) in [6, 6.07) is 33.6. The molecule has 1 aliphatic heterocycles. The maximum absolute atomic E-state index is 5.28. The highest BCUT2D eigenvalue weighted by atomic mass is 15.1. The first-order chi connectivity index (χ1) is 19.8. The lowest BCUT2D eigenvalue weighted by Crippen LogP contribution is -2.70. The normalized spacial score (nSPS) is 20.1. The van der Waals surface area contributed by atoms with Crippen LogP contribution in [0.25, 0.3) is 54.8 Å². The first kappa shape index (κ1) is 25.9. The minimum atomic E-state index is -0.0827. The number of benzene rings is 5. The second-order valence-electron chi connectivity index (χ2n) is 12.5. The van der Waals surface area contributed by atoms with E-state index in [4.69, 9.17) is 4.98 Å². The number of hydrogen-bond acceptors (Lipinski definition) is 1. The van der Waals surface area contributed by atoms with E-state index in [1.807, 2.05) is 0 Å². The van der Waals surface area contributed by atoms with E-state index in [-0.39, 0.29) is 11.0 Å². The van der Waals surface area contributed by atoms with Crippen molar-refractivity contribution in [2.75, 3.05) is 0 Å². The Morgan fingerprint density at radius 2 is 1.34 bits per heavy atom. The summed E-state index contributed by atoms with van der Waals surface area (Å²) in [6.45, 7) is 14.3. The van der Waals surface area contributed by atoms with Crippen molar-refractivity contribution in [1.82, 2.24) is 4.98 Å². The number of nitrogens with zero attached hydrogens (tertiary/aromatic N) is 2. The van der Waals surface area contributed by atoms with Crippen LogP contribution < -0.4 is 4.57 Å². The third-order valence-corrected chi connectivity index (χ3v) is 10.4. The van der Waals surface area contributed by atoms with Crippen LogP contribution in [0.5, 0.6) is 0 Å². The van der Waals surface area contributed by atoms with E-state index in [2.05, 4.69) is 143 Å². The predicted octanol–water partition coefficient (Wildman–Crippen LogP) is 9.91. The number of hydrogen-bond donors (Lipinski definition) is 0. The Balaban J connectivity index is 1.76. The molecule has 2 heteroatoms. The van der Waals surface area contributed by atoms with Crippen LogP contribution in [0, 0.1) is 12.8 Å². The van der Waals surface area contributed by atoms with E-state index in [1.165, 1.54) is 54.9 Å². The van der Waals surface area contributed by atoms with Gasteiger partial charge in [-0.15, -0.1) is 0 Å². The highest BCUT2D eigenvalue weighted by Crippen LogP contribution is 2.54. The van der Waals surface area contributed by atoms with Gasteiger partial charge in [-0.05, 0) is 77.1 Å². The first-order valence-electron chi connectivity index (χ1n) is 15.2. The fraction of sp³-hybridized carbons (Fsp3) is 0.282. The second-order valence-corrected chi connectivity index (χ2v) is 12.5. The van der Waals surface area contributed by atoms with Crippen molar-refractivity contribution in [3.63, 3.8) is 0 Å². The lowest BCUT2D eigenvalue weighted by atomic mass is 9.56. The summed E-state index contributed by atoms with van der Waals surface area (Å²) in [5.74, 6) is 0.437. The Morgan fingerprint density at radius 1 is 0.707 bits per heavy atom. The van der Waals surface area contributed by atoms with E-state index in [9.17, 15) is 0 Å². The molecule has 2 atom stereocenters. The molecule has 0 amide bonds. The minimum Gasteiger partial charge on any atom is -0.240 e. The van der Waals surface area contributed by atoms with E-state index >= 15 is 0 Å². The highest BCUT2D eigenvalue weighted by Gasteiger charge is 2.60. The smallest absolute Gasteiger partial charge is 0.240 e. The molecular weight excluding hydrogens is 496 g/mol. The summed E-state index contributed by atoms with van der Waals surface area (Å²) in [6.07, 6.45) is 4.46. The molecule has 2 heterocycles. The van der Waals surface area contributed by atoms with Gasteiger partial charge in [0.15, 0.2) is 11.7 Å². The average Bonchev–Trinajstić information content (AvgIpc) is 3.01. The molecule has 0 saturated heterocycles. The van der Waals surface area contributed by atoms with Crippen LogP contribution in [0.2, 0.25) is 0 Å². The van der Waals surface area contributed by atoms with Crippen LogP contribution in [0.15, 0.2) is 97.2 Å². The molecule has 204 valence electrons. The fourth-order valence-electron chi connectivity index (χ4n) is 8.37. The van der Waals surface area contributed by atoms with Crippen molar-refractivity contribution >= 4 is 32.6 Å². The molecule has 0 fully saturated rings. The molecule has 41 heavy (non-hydrogen) atoms. The van der Waals surface area contributed by atoms with E-state index < -0.39 is 0 Å². The van der Waals surface area contributed by atoms with E-state index in [0.29, 0.717) is 5.92 Å². The van der Waals surface area contributed by atoms with Gasteiger partial charge in [0, 0.05) is 17.7 Å². The lowest BCUT2D eigenvalue weighted by molar-refractivity contribution is -0.763. The van der Waals surface area contributed by atoms with Crippen LogP contribution in [0.3, 0.4) is 0 Å². The van der Waals surface area contributed by atoms with Crippen molar-refractivity contribution < 1.29 is 4.57 Å². The fourth-order valence-corrected chi connectivity index (χ4v) is 8.37. The molecule has 6 aromatic rings. The SMILES string of the molecule is CCC1(C)c2cc(-c3ccccc3)cc3c4cc(-c5ccccc5)ccc4c4nc(C)c[n+](c4c23)C1(CC)C(C)C. The Bertz CT molecular complexity index is 1960. The third kappa shape index (κ3) is 3.43. The van der Waals surface area contributed by atoms with Crippen LogP contribution in [-0.4, -0.2) is 4.98 Å². The monoisotopic (exact) mass is 535 g/mol. The van der Waals surface area contributed by atoms with Gasteiger partial charge in [-0.1, -0.05) is 100 Å². The standard InChI is InChI=1S/C39H39N2/c1-7-38(6)34-23-30(28-17-13-10-14-18-28)22-33-32-21-29(27-15-11-9-12-16-27)19-20-31(32)36-37(35(33)34)41(24-26(5)40-36)39(38,8-2)25(3)4/h9-25H,7-8H2,1-6H3/q+1. The maximum atomic E-state index is 5.28. The van der Waals surface area contributed by atoms with Crippen molar-refractivity contribution in [3.8, 4) is 22.3 Å². The largest absolute Gasteiger partial charge is 0.240 e. The van der Waals surface area contributed by atoms with Gasteiger partial charge in [0.1, 0.15) is 11.2 Å². The molecule has 7 rings (SSSR count). The zero-order valence-corrected chi connectivity index (χ0v) is 25.1. The van der Waals surface area contributed by atoms with Gasteiger partial charge in [0.05, 0.1) is 10.8 Å². The Kier molecular flexibility index (Phi) is 5.84. The molecule has 0 spiro atoms. The molecule has 5 aromatic carbocycles.